The number of hydrogen-bond acceptors (Lipinski definition) is 3. The summed E-state index contributed by atoms with van der Waals surface area (Å²) in [5.74, 6) is 0.0814. The third kappa shape index (κ3) is 2.64. The molecule has 0 radical (unpaired) electrons. The van der Waals surface area contributed by atoms with E-state index < -0.39 is 0 Å². The molecule has 1 amide bonds. The Balaban J connectivity index is 1.64. The van der Waals surface area contributed by atoms with Gasteiger partial charge in [-0.2, -0.15) is 5.10 Å². The molecule has 23 heavy (non-hydrogen) atoms. The van der Waals surface area contributed by atoms with Gasteiger partial charge < -0.3 is 4.90 Å². The highest BCUT2D eigenvalue weighted by atomic mass is 16.2. The van der Waals surface area contributed by atoms with Crippen molar-refractivity contribution in [2.45, 2.75) is 51.0 Å². The number of H-pyrrole nitrogens is 1. The Bertz CT molecular complexity index is 694. The predicted octanol–water partition coefficient (Wildman–Crippen LogP) is 3.05. The van der Waals surface area contributed by atoms with Gasteiger partial charge >= 0.3 is 0 Å². The van der Waals surface area contributed by atoms with Crippen molar-refractivity contribution in [1.29, 1.82) is 0 Å². The number of pyridine rings is 1. The second-order valence-electron chi connectivity index (χ2n) is 6.53. The van der Waals surface area contributed by atoms with Crippen molar-refractivity contribution in [1.82, 2.24) is 20.1 Å². The average molecular weight is 310 g/mol. The molecular formula is C18H22N4O. The lowest BCUT2D eigenvalue weighted by atomic mass is 9.93. The van der Waals surface area contributed by atoms with Gasteiger partial charge in [-0.3, -0.25) is 14.9 Å². The third-order valence-electron chi connectivity index (χ3n) is 5.09. The van der Waals surface area contributed by atoms with E-state index in [1.165, 1.54) is 6.42 Å². The van der Waals surface area contributed by atoms with Crippen molar-refractivity contribution in [3.63, 3.8) is 0 Å². The van der Waals surface area contributed by atoms with Gasteiger partial charge in [0, 0.05) is 30.2 Å². The van der Waals surface area contributed by atoms with E-state index in [4.69, 9.17) is 0 Å². The molecule has 3 heterocycles. The third-order valence-corrected chi connectivity index (χ3v) is 5.09. The van der Waals surface area contributed by atoms with Gasteiger partial charge in [0.25, 0.3) is 5.91 Å². The van der Waals surface area contributed by atoms with Crippen molar-refractivity contribution < 1.29 is 4.79 Å². The van der Waals surface area contributed by atoms with Crippen LogP contribution in [0.4, 0.5) is 0 Å². The first-order valence-corrected chi connectivity index (χ1v) is 8.61. The van der Waals surface area contributed by atoms with Crippen LogP contribution < -0.4 is 0 Å². The summed E-state index contributed by atoms with van der Waals surface area (Å²) in [6.07, 6.45) is 11.2. The number of fused-ring (bicyclic) bond motifs is 1. The number of amides is 1. The maximum Gasteiger partial charge on any atom is 0.275 e. The number of likely N-dealkylation sites (tertiary alicyclic amines) is 1. The lowest BCUT2D eigenvalue weighted by Gasteiger charge is -2.35. The van der Waals surface area contributed by atoms with E-state index in [1.807, 2.05) is 17.2 Å². The van der Waals surface area contributed by atoms with Crippen LogP contribution in [0, 0.1) is 0 Å². The van der Waals surface area contributed by atoms with Crippen molar-refractivity contribution in [3.05, 3.63) is 47.0 Å². The van der Waals surface area contributed by atoms with Gasteiger partial charge in [0.1, 0.15) is 0 Å². The van der Waals surface area contributed by atoms with Gasteiger partial charge in [-0.05, 0) is 56.6 Å². The van der Waals surface area contributed by atoms with Crippen molar-refractivity contribution in [3.8, 4) is 0 Å². The van der Waals surface area contributed by atoms with Crippen LogP contribution in [-0.2, 0) is 12.8 Å². The molecule has 0 spiro atoms. The number of aryl methyl sites for hydroxylation is 1. The average Bonchev–Trinajstić information content (AvgIpc) is 3.06. The van der Waals surface area contributed by atoms with E-state index in [1.54, 1.807) is 6.20 Å². The summed E-state index contributed by atoms with van der Waals surface area (Å²) in [6.45, 7) is 0.806. The van der Waals surface area contributed by atoms with Crippen LogP contribution in [0.15, 0.2) is 24.5 Å². The van der Waals surface area contributed by atoms with Crippen LogP contribution in [0.2, 0.25) is 0 Å². The lowest BCUT2D eigenvalue weighted by molar-refractivity contribution is 0.0603. The monoisotopic (exact) mass is 310 g/mol. The second-order valence-corrected chi connectivity index (χ2v) is 6.53. The smallest absolute Gasteiger partial charge is 0.275 e. The van der Waals surface area contributed by atoms with E-state index in [2.05, 4.69) is 21.2 Å². The molecule has 0 bridgehead atoms. The number of aromatic nitrogens is 3. The highest BCUT2D eigenvalue weighted by Gasteiger charge is 2.32. The van der Waals surface area contributed by atoms with Crippen LogP contribution in [0.1, 0.15) is 65.5 Å². The van der Waals surface area contributed by atoms with E-state index in [0.29, 0.717) is 5.69 Å². The Hall–Kier alpha value is -2.17. The SMILES string of the molecule is O=C(c1n[nH]c2c1CCCC2)N1CCCCC1c1cccnc1. The first-order valence-electron chi connectivity index (χ1n) is 8.61. The topological polar surface area (TPSA) is 61.9 Å². The normalized spacial score (nSPS) is 21.0. The van der Waals surface area contributed by atoms with E-state index in [-0.39, 0.29) is 11.9 Å². The molecule has 0 saturated carbocycles. The molecule has 4 rings (SSSR count). The fraction of sp³-hybridized carbons (Fsp3) is 0.500. The van der Waals surface area contributed by atoms with Gasteiger partial charge in [0.05, 0.1) is 6.04 Å². The lowest BCUT2D eigenvalue weighted by Crippen LogP contribution is -2.39. The van der Waals surface area contributed by atoms with Crippen LogP contribution in [-0.4, -0.2) is 32.5 Å². The van der Waals surface area contributed by atoms with Crippen LogP contribution in [0.5, 0.6) is 0 Å². The predicted molar refractivity (Wildman–Crippen MR) is 87.1 cm³/mol. The Kier molecular flexibility index (Phi) is 3.85. The van der Waals surface area contributed by atoms with Crippen molar-refractivity contribution in [2.24, 2.45) is 0 Å². The summed E-state index contributed by atoms with van der Waals surface area (Å²) in [5.41, 5.74) is 4.09. The van der Waals surface area contributed by atoms with Gasteiger partial charge in [-0.25, -0.2) is 0 Å². The first-order chi connectivity index (χ1) is 11.3. The summed E-state index contributed by atoms with van der Waals surface area (Å²) in [4.78, 5) is 19.4. The zero-order chi connectivity index (χ0) is 15.6. The highest BCUT2D eigenvalue weighted by molar-refractivity contribution is 5.94. The minimum absolute atomic E-state index is 0.0814. The molecule has 1 aliphatic heterocycles. The molecule has 2 aliphatic rings. The molecule has 120 valence electrons. The number of piperidine rings is 1. The number of rotatable bonds is 2. The zero-order valence-electron chi connectivity index (χ0n) is 13.3. The standard InChI is InChI=1S/C18H22N4O/c23-18(17-14-7-1-2-8-15(14)20-21-17)22-11-4-3-9-16(22)13-6-5-10-19-12-13/h5-6,10,12,16H,1-4,7-9,11H2,(H,20,21). The van der Waals surface area contributed by atoms with Gasteiger partial charge in [0.15, 0.2) is 5.69 Å². The molecule has 2 aromatic rings. The molecule has 1 aliphatic carbocycles. The van der Waals surface area contributed by atoms with Crippen LogP contribution >= 0.6 is 0 Å². The van der Waals surface area contributed by atoms with Crippen molar-refractivity contribution >= 4 is 5.91 Å². The fourth-order valence-electron chi connectivity index (χ4n) is 3.89. The number of hydrogen-bond donors (Lipinski definition) is 1. The zero-order valence-corrected chi connectivity index (χ0v) is 13.3. The molecular weight excluding hydrogens is 288 g/mol. The molecule has 1 saturated heterocycles. The Morgan fingerprint density at radius 1 is 1.22 bits per heavy atom. The minimum atomic E-state index is 0.0814. The van der Waals surface area contributed by atoms with E-state index in [9.17, 15) is 4.79 Å². The number of nitrogens with zero attached hydrogens (tertiary/aromatic N) is 3. The molecule has 5 heteroatoms. The van der Waals surface area contributed by atoms with Gasteiger partial charge in [-0.1, -0.05) is 6.07 Å². The summed E-state index contributed by atoms with van der Waals surface area (Å²) < 4.78 is 0. The fourth-order valence-corrected chi connectivity index (χ4v) is 3.89. The molecule has 1 unspecified atom stereocenters. The first kappa shape index (κ1) is 14.4. The summed E-state index contributed by atoms with van der Waals surface area (Å²) >= 11 is 0. The Labute approximate surface area is 136 Å². The molecule has 0 aromatic carbocycles. The quantitative estimate of drug-likeness (QED) is 0.927. The van der Waals surface area contributed by atoms with Crippen molar-refractivity contribution in [2.75, 3.05) is 6.54 Å². The molecule has 1 fully saturated rings. The van der Waals surface area contributed by atoms with E-state index >= 15 is 0 Å². The Morgan fingerprint density at radius 3 is 3.00 bits per heavy atom. The summed E-state index contributed by atoms with van der Waals surface area (Å²) in [7, 11) is 0. The molecule has 2 aromatic heterocycles. The number of carbonyl (C=O) groups is 1. The maximum absolute atomic E-state index is 13.1. The summed E-state index contributed by atoms with van der Waals surface area (Å²) in [6, 6.07) is 4.15. The maximum atomic E-state index is 13.1. The van der Waals surface area contributed by atoms with Gasteiger partial charge in [-0.15, -0.1) is 0 Å². The number of carbonyl (C=O) groups excluding carboxylic acids is 1. The van der Waals surface area contributed by atoms with Gasteiger partial charge in [0.2, 0.25) is 0 Å². The summed E-state index contributed by atoms with van der Waals surface area (Å²) in [5, 5.41) is 7.46. The number of aromatic amines is 1. The number of nitrogens with one attached hydrogen (secondary N) is 1. The largest absolute Gasteiger partial charge is 0.330 e. The molecule has 1 N–H and O–H groups in total. The van der Waals surface area contributed by atoms with Crippen LogP contribution in [0.25, 0.3) is 0 Å². The van der Waals surface area contributed by atoms with E-state index in [0.717, 1.165) is 61.9 Å². The molecule has 1 atom stereocenters. The molecule has 5 nitrogen and oxygen atoms in total. The minimum Gasteiger partial charge on any atom is -0.330 e. The second kappa shape index (κ2) is 6.14. The van der Waals surface area contributed by atoms with Crippen LogP contribution in [0.3, 0.4) is 0 Å². The Morgan fingerprint density at radius 2 is 2.13 bits per heavy atom. The highest BCUT2D eigenvalue weighted by Crippen LogP contribution is 2.33.